The van der Waals surface area contributed by atoms with Gasteiger partial charge in [0.1, 0.15) is 11.9 Å². The Morgan fingerprint density at radius 3 is 3.12 bits per heavy atom. The molecule has 0 unspecified atom stereocenters. The average molecular weight is 237 g/mol. The molecular formula is C11H15N3O3. The Bertz CT molecular complexity index is 382. The van der Waals surface area contributed by atoms with E-state index in [0.717, 1.165) is 6.42 Å². The predicted molar refractivity (Wildman–Crippen MR) is 65.0 cm³/mol. The van der Waals surface area contributed by atoms with Crippen LogP contribution in [0.3, 0.4) is 0 Å². The van der Waals surface area contributed by atoms with E-state index in [2.05, 4.69) is 16.9 Å². The highest BCUT2D eigenvalue weighted by atomic mass is 16.6. The van der Waals surface area contributed by atoms with Gasteiger partial charge < -0.3 is 10.1 Å². The zero-order valence-electron chi connectivity index (χ0n) is 9.46. The van der Waals surface area contributed by atoms with Crippen LogP contribution in [-0.2, 0) is 4.74 Å². The van der Waals surface area contributed by atoms with Gasteiger partial charge in [-0.2, -0.15) is 0 Å². The number of ether oxygens (including phenoxy) is 1. The molecule has 0 atom stereocenters. The van der Waals surface area contributed by atoms with Gasteiger partial charge in [0.05, 0.1) is 18.1 Å². The number of hydrogen-bond donors (Lipinski definition) is 1. The van der Waals surface area contributed by atoms with Gasteiger partial charge in [0, 0.05) is 12.7 Å². The van der Waals surface area contributed by atoms with Gasteiger partial charge in [-0.15, -0.1) is 6.58 Å². The third-order valence-electron chi connectivity index (χ3n) is 2.02. The molecule has 6 nitrogen and oxygen atoms in total. The average Bonchev–Trinajstić information content (AvgIpc) is 2.34. The van der Waals surface area contributed by atoms with Crippen molar-refractivity contribution in [3.05, 3.63) is 41.2 Å². The van der Waals surface area contributed by atoms with Gasteiger partial charge in [-0.1, -0.05) is 6.08 Å². The number of nitro groups is 1. The van der Waals surface area contributed by atoms with E-state index in [1.54, 1.807) is 12.1 Å². The van der Waals surface area contributed by atoms with Crippen molar-refractivity contribution in [2.45, 2.75) is 6.42 Å². The first-order valence-electron chi connectivity index (χ1n) is 5.26. The largest absolute Gasteiger partial charge is 0.379 e. The topological polar surface area (TPSA) is 77.3 Å². The summed E-state index contributed by atoms with van der Waals surface area (Å²) in [6.07, 6.45) is 5.31. The summed E-state index contributed by atoms with van der Waals surface area (Å²) in [5, 5.41) is 13.6. The molecule has 0 radical (unpaired) electrons. The Hall–Kier alpha value is -1.95. The van der Waals surface area contributed by atoms with Gasteiger partial charge in [0.2, 0.25) is 0 Å². The number of pyridine rings is 1. The van der Waals surface area contributed by atoms with Gasteiger partial charge >= 0.3 is 5.69 Å². The van der Waals surface area contributed by atoms with Crippen LogP contribution in [0.15, 0.2) is 31.1 Å². The number of aromatic nitrogens is 1. The first-order valence-corrected chi connectivity index (χ1v) is 5.26. The zero-order valence-corrected chi connectivity index (χ0v) is 9.46. The van der Waals surface area contributed by atoms with Crippen LogP contribution >= 0.6 is 0 Å². The van der Waals surface area contributed by atoms with Crippen molar-refractivity contribution in [2.75, 3.05) is 25.1 Å². The van der Waals surface area contributed by atoms with E-state index in [-0.39, 0.29) is 5.69 Å². The monoisotopic (exact) mass is 237 g/mol. The molecule has 0 aliphatic heterocycles. The minimum absolute atomic E-state index is 0.0291. The summed E-state index contributed by atoms with van der Waals surface area (Å²) in [7, 11) is 0. The summed E-state index contributed by atoms with van der Waals surface area (Å²) in [5.41, 5.74) is 0.427. The van der Waals surface area contributed by atoms with Crippen LogP contribution in [0.1, 0.15) is 6.42 Å². The highest BCUT2D eigenvalue weighted by Crippen LogP contribution is 2.21. The lowest BCUT2D eigenvalue weighted by Crippen LogP contribution is -2.11. The first kappa shape index (κ1) is 13.1. The van der Waals surface area contributed by atoms with Crippen molar-refractivity contribution in [3.8, 4) is 0 Å². The molecule has 0 spiro atoms. The van der Waals surface area contributed by atoms with Crippen LogP contribution in [-0.4, -0.2) is 29.7 Å². The fourth-order valence-corrected chi connectivity index (χ4v) is 1.21. The van der Waals surface area contributed by atoms with Crippen molar-refractivity contribution in [1.82, 2.24) is 4.98 Å². The van der Waals surface area contributed by atoms with E-state index in [1.165, 1.54) is 12.4 Å². The second-order valence-corrected chi connectivity index (χ2v) is 3.27. The molecule has 0 saturated heterocycles. The minimum atomic E-state index is -0.464. The third kappa shape index (κ3) is 4.60. The highest BCUT2D eigenvalue weighted by Gasteiger charge is 2.11. The molecule has 0 aromatic carbocycles. The maximum absolute atomic E-state index is 10.7. The SMILES string of the molecule is C=CCCOCCNc1ccncc1[N+](=O)[O-]. The lowest BCUT2D eigenvalue weighted by atomic mass is 10.3. The van der Waals surface area contributed by atoms with Crippen molar-refractivity contribution >= 4 is 11.4 Å². The number of nitrogens with one attached hydrogen (secondary N) is 1. The maximum Gasteiger partial charge on any atom is 0.310 e. The maximum atomic E-state index is 10.7. The van der Waals surface area contributed by atoms with E-state index in [0.29, 0.717) is 25.4 Å². The Balaban J connectivity index is 2.36. The number of nitrogens with zero attached hydrogens (tertiary/aromatic N) is 2. The fourth-order valence-electron chi connectivity index (χ4n) is 1.21. The molecule has 92 valence electrons. The standard InChI is InChI=1S/C11H15N3O3/c1-2-3-7-17-8-6-13-10-4-5-12-9-11(10)14(15)16/h2,4-5,9H,1,3,6-8H2,(H,12,13). The molecule has 0 aliphatic rings. The Morgan fingerprint density at radius 1 is 1.59 bits per heavy atom. The summed E-state index contributed by atoms with van der Waals surface area (Å²) in [4.78, 5) is 13.9. The van der Waals surface area contributed by atoms with Crippen LogP contribution in [0.25, 0.3) is 0 Å². The fraction of sp³-hybridized carbons (Fsp3) is 0.364. The number of anilines is 1. The van der Waals surface area contributed by atoms with Gasteiger partial charge in [-0.05, 0) is 12.5 Å². The molecule has 17 heavy (non-hydrogen) atoms. The van der Waals surface area contributed by atoms with Crippen molar-refractivity contribution in [1.29, 1.82) is 0 Å². The smallest absolute Gasteiger partial charge is 0.310 e. The van der Waals surface area contributed by atoms with Gasteiger partial charge in [-0.25, -0.2) is 0 Å². The van der Waals surface area contributed by atoms with Gasteiger partial charge in [-0.3, -0.25) is 15.1 Å². The van der Waals surface area contributed by atoms with E-state index in [4.69, 9.17) is 4.74 Å². The van der Waals surface area contributed by atoms with Crippen LogP contribution in [0.4, 0.5) is 11.4 Å². The molecule has 1 aromatic heterocycles. The molecular weight excluding hydrogens is 222 g/mol. The Kier molecular flexibility index (Phi) is 5.67. The summed E-state index contributed by atoms with van der Waals surface area (Å²) in [5.74, 6) is 0. The zero-order chi connectivity index (χ0) is 12.5. The molecule has 0 saturated carbocycles. The van der Waals surface area contributed by atoms with Crippen LogP contribution in [0.5, 0.6) is 0 Å². The van der Waals surface area contributed by atoms with Crippen molar-refractivity contribution in [3.63, 3.8) is 0 Å². The molecule has 0 amide bonds. The first-order chi connectivity index (χ1) is 8.25. The van der Waals surface area contributed by atoms with Crippen molar-refractivity contribution < 1.29 is 9.66 Å². The molecule has 1 heterocycles. The number of rotatable bonds is 8. The summed E-state index contributed by atoms with van der Waals surface area (Å²) in [6, 6.07) is 1.57. The van der Waals surface area contributed by atoms with E-state index in [1.807, 2.05) is 0 Å². The normalized spacial score (nSPS) is 9.88. The summed E-state index contributed by atoms with van der Waals surface area (Å²) in [6.45, 7) is 5.20. The molecule has 1 N–H and O–H groups in total. The molecule has 1 aromatic rings. The molecule has 0 bridgehead atoms. The second-order valence-electron chi connectivity index (χ2n) is 3.27. The highest BCUT2D eigenvalue weighted by molar-refractivity contribution is 5.59. The Morgan fingerprint density at radius 2 is 2.41 bits per heavy atom. The lowest BCUT2D eigenvalue weighted by Gasteiger charge is -2.06. The van der Waals surface area contributed by atoms with Gasteiger partial charge in [0.25, 0.3) is 0 Å². The van der Waals surface area contributed by atoms with E-state index in [9.17, 15) is 10.1 Å². The summed E-state index contributed by atoms with van der Waals surface area (Å²) < 4.78 is 5.28. The van der Waals surface area contributed by atoms with E-state index < -0.39 is 4.92 Å². The molecule has 0 aliphatic carbocycles. The predicted octanol–water partition coefficient (Wildman–Crippen LogP) is 1.99. The molecule has 6 heteroatoms. The van der Waals surface area contributed by atoms with Crippen molar-refractivity contribution in [2.24, 2.45) is 0 Å². The summed E-state index contributed by atoms with van der Waals surface area (Å²) >= 11 is 0. The minimum Gasteiger partial charge on any atom is -0.379 e. The molecule has 1 rings (SSSR count). The quantitative estimate of drug-likeness (QED) is 0.324. The molecule has 0 fully saturated rings. The lowest BCUT2D eigenvalue weighted by molar-refractivity contribution is -0.384. The van der Waals surface area contributed by atoms with Crippen LogP contribution in [0.2, 0.25) is 0 Å². The van der Waals surface area contributed by atoms with Gasteiger partial charge in [0.15, 0.2) is 0 Å². The van der Waals surface area contributed by atoms with Crippen LogP contribution in [0, 0.1) is 10.1 Å². The second kappa shape index (κ2) is 7.34. The van der Waals surface area contributed by atoms with Crippen LogP contribution < -0.4 is 5.32 Å². The number of hydrogen-bond acceptors (Lipinski definition) is 5. The van der Waals surface area contributed by atoms with E-state index >= 15 is 0 Å². The Labute approximate surface area is 99.5 Å². The third-order valence-corrected chi connectivity index (χ3v) is 2.02.